The van der Waals surface area contributed by atoms with Crippen LogP contribution >= 0.6 is 0 Å². The van der Waals surface area contributed by atoms with Gasteiger partial charge in [-0.2, -0.15) is 0 Å². The van der Waals surface area contributed by atoms with Gasteiger partial charge < -0.3 is 4.79 Å². The number of carbonyl (C=O) groups is 1. The molecule has 0 spiro atoms. The van der Waals surface area contributed by atoms with Crippen molar-refractivity contribution in [1.29, 1.82) is 0 Å². The topological polar surface area (TPSA) is 80.6 Å². The predicted octanol–water partition coefficient (Wildman–Crippen LogP) is 5.23. The van der Waals surface area contributed by atoms with E-state index in [1.807, 2.05) is 44.2 Å². The molecule has 1 atom stereocenters. The summed E-state index contributed by atoms with van der Waals surface area (Å²) in [5.74, 6) is -0.227. The number of carbonyl (C=O) groups excluding carboxylic acids is 1. The molecule has 2 rings (SSSR count). The third-order valence-electron chi connectivity index (χ3n) is 5.18. The van der Waals surface area contributed by atoms with Gasteiger partial charge in [-0.3, -0.25) is 0 Å². The SMILES string of the molecule is CCCCC(C=O)(CC)CS(=O)(=O)c1ccc(N=O)cc1Cc1ccccc1. The van der Waals surface area contributed by atoms with Crippen molar-refractivity contribution in [2.24, 2.45) is 10.6 Å². The minimum atomic E-state index is -3.72. The molecule has 0 N–H and O–H groups in total. The standard InChI is InChI=1S/C22H27NO4S/c1-3-5-13-22(4-2,16-24)17-28(26,27)21-12-11-20(23-25)15-19(21)14-18-9-7-6-8-10-18/h6-12,15-16H,3-5,13-14,17H2,1-2H3. The number of unbranched alkanes of at least 4 members (excludes halogenated alkanes) is 1. The van der Waals surface area contributed by atoms with Gasteiger partial charge in [0.15, 0.2) is 9.84 Å². The molecule has 28 heavy (non-hydrogen) atoms. The van der Waals surface area contributed by atoms with Crippen molar-refractivity contribution >= 4 is 21.8 Å². The van der Waals surface area contributed by atoms with Crippen LogP contribution in [0.15, 0.2) is 58.6 Å². The molecule has 0 heterocycles. The number of hydrogen-bond acceptors (Lipinski definition) is 5. The van der Waals surface area contributed by atoms with Crippen LogP contribution in [0.4, 0.5) is 5.69 Å². The molecule has 0 amide bonds. The summed E-state index contributed by atoms with van der Waals surface area (Å²) in [7, 11) is -3.72. The van der Waals surface area contributed by atoms with Gasteiger partial charge in [0.2, 0.25) is 0 Å². The normalized spacial score (nSPS) is 13.6. The zero-order valence-corrected chi connectivity index (χ0v) is 17.2. The first-order chi connectivity index (χ1) is 13.4. The summed E-state index contributed by atoms with van der Waals surface area (Å²) < 4.78 is 26.5. The number of sulfone groups is 1. The number of aldehydes is 1. The second-order valence-corrected chi connectivity index (χ2v) is 9.20. The Hall–Kier alpha value is -2.34. The fourth-order valence-electron chi connectivity index (χ4n) is 3.39. The summed E-state index contributed by atoms with van der Waals surface area (Å²) in [6, 6.07) is 13.8. The van der Waals surface area contributed by atoms with Gasteiger partial charge in [-0.05, 0) is 53.8 Å². The van der Waals surface area contributed by atoms with E-state index in [1.165, 1.54) is 18.2 Å². The molecule has 0 fully saturated rings. The van der Waals surface area contributed by atoms with Crippen molar-refractivity contribution in [1.82, 2.24) is 0 Å². The van der Waals surface area contributed by atoms with Crippen LogP contribution in [-0.4, -0.2) is 20.5 Å². The lowest BCUT2D eigenvalue weighted by Crippen LogP contribution is -2.32. The molecule has 0 aromatic heterocycles. The third-order valence-corrected chi connectivity index (χ3v) is 7.21. The number of nitrogens with zero attached hydrogens (tertiary/aromatic N) is 1. The molecule has 5 nitrogen and oxygen atoms in total. The zero-order valence-electron chi connectivity index (χ0n) is 16.4. The fourth-order valence-corrected chi connectivity index (χ4v) is 5.53. The molecular formula is C22H27NO4S. The monoisotopic (exact) mass is 401 g/mol. The van der Waals surface area contributed by atoms with E-state index in [9.17, 15) is 18.1 Å². The maximum absolute atomic E-state index is 13.3. The first-order valence-electron chi connectivity index (χ1n) is 9.59. The van der Waals surface area contributed by atoms with Gasteiger partial charge in [0.25, 0.3) is 0 Å². The lowest BCUT2D eigenvalue weighted by atomic mass is 9.84. The Balaban J connectivity index is 2.46. The quantitative estimate of drug-likeness (QED) is 0.381. The van der Waals surface area contributed by atoms with Crippen LogP contribution in [0.5, 0.6) is 0 Å². The Bertz CT molecular complexity index is 909. The summed E-state index contributed by atoms with van der Waals surface area (Å²) in [6.45, 7) is 3.87. The highest BCUT2D eigenvalue weighted by Crippen LogP contribution is 2.33. The molecule has 0 aliphatic heterocycles. The lowest BCUT2D eigenvalue weighted by Gasteiger charge is -2.26. The highest BCUT2D eigenvalue weighted by molar-refractivity contribution is 7.91. The van der Waals surface area contributed by atoms with Gasteiger partial charge in [-0.1, -0.05) is 57.0 Å². The molecule has 2 aromatic carbocycles. The zero-order chi connectivity index (χ0) is 20.6. The highest BCUT2D eigenvalue weighted by Gasteiger charge is 2.35. The van der Waals surface area contributed by atoms with Gasteiger partial charge in [0.05, 0.1) is 10.6 Å². The molecule has 0 aliphatic rings. The average molecular weight is 402 g/mol. The van der Waals surface area contributed by atoms with Crippen LogP contribution in [0, 0.1) is 10.3 Å². The van der Waals surface area contributed by atoms with Crippen molar-refractivity contribution in [3.63, 3.8) is 0 Å². The van der Waals surface area contributed by atoms with E-state index in [2.05, 4.69) is 5.18 Å². The van der Waals surface area contributed by atoms with Crippen LogP contribution in [0.2, 0.25) is 0 Å². The van der Waals surface area contributed by atoms with Crippen LogP contribution in [0.25, 0.3) is 0 Å². The minimum absolute atomic E-state index is 0.167. The van der Waals surface area contributed by atoms with Gasteiger partial charge in [0, 0.05) is 5.41 Å². The maximum Gasteiger partial charge on any atom is 0.179 e. The molecule has 0 saturated heterocycles. The van der Waals surface area contributed by atoms with Crippen molar-refractivity contribution in [2.45, 2.75) is 50.8 Å². The van der Waals surface area contributed by atoms with Crippen LogP contribution in [0.3, 0.4) is 0 Å². The van der Waals surface area contributed by atoms with E-state index in [0.717, 1.165) is 24.7 Å². The Kier molecular flexibility index (Phi) is 7.63. The second-order valence-electron chi connectivity index (χ2n) is 7.24. The molecule has 0 bridgehead atoms. The first kappa shape index (κ1) is 22.0. The van der Waals surface area contributed by atoms with Gasteiger partial charge in [-0.15, -0.1) is 4.91 Å². The molecule has 2 aromatic rings. The van der Waals surface area contributed by atoms with E-state index in [-0.39, 0.29) is 16.3 Å². The van der Waals surface area contributed by atoms with Gasteiger partial charge in [0.1, 0.15) is 12.0 Å². The number of nitroso groups, excluding NO2 is 1. The average Bonchev–Trinajstić information content (AvgIpc) is 2.71. The predicted molar refractivity (Wildman–Crippen MR) is 112 cm³/mol. The molecule has 150 valence electrons. The van der Waals surface area contributed by atoms with Crippen LogP contribution in [-0.2, 0) is 21.1 Å². The van der Waals surface area contributed by atoms with Gasteiger partial charge in [-0.25, -0.2) is 8.42 Å². The van der Waals surface area contributed by atoms with Crippen LogP contribution < -0.4 is 0 Å². The molecule has 1 unspecified atom stereocenters. The van der Waals surface area contributed by atoms with Crippen LogP contribution in [0.1, 0.15) is 50.7 Å². The molecule has 0 aliphatic carbocycles. The van der Waals surface area contributed by atoms with Gasteiger partial charge >= 0.3 is 0 Å². The number of hydrogen-bond donors (Lipinski definition) is 0. The van der Waals surface area contributed by atoms with Crippen molar-refractivity contribution in [2.75, 3.05) is 5.75 Å². The summed E-state index contributed by atoms with van der Waals surface area (Å²) in [5.41, 5.74) is 0.758. The smallest absolute Gasteiger partial charge is 0.179 e. The minimum Gasteiger partial charge on any atom is -0.303 e. The van der Waals surface area contributed by atoms with E-state index in [1.54, 1.807) is 0 Å². The van der Waals surface area contributed by atoms with E-state index >= 15 is 0 Å². The van der Waals surface area contributed by atoms with E-state index in [0.29, 0.717) is 24.8 Å². The third kappa shape index (κ3) is 5.35. The van der Waals surface area contributed by atoms with Crippen molar-refractivity contribution in [3.05, 3.63) is 64.6 Å². The summed E-state index contributed by atoms with van der Waals surface area (Å²) in [6.07, 6.45) is 3.89. The molecule has 0 saturated carbocycles. The molecular weight excluding hydrogens is 374 g/mol. The Morgan fingerprint density at radius 2 is 1.79 bits per heavy atom. The lowest BCUT2D eigenvalue weighted by molar-refractivity contribution is -0.115. The van der Waals surface area contributed by atoms with E-state index < -0.39 is 15.3 Å². The largest absolute Gasteiger partial charge is 0.303 e. The summed E-state index contributed by atoms with van der Waals surface area (Å²) >= 11 is 0. The number of benzene rings is 2. The highest BCUT2D eigenvalue weighted by atomic mass is 32.2. The summed E-state index contributed by atoms with van der Waals surface area (Å²) in [5, 5.41) is 2.94. The maximum atomic E-state index is 13.3. The van der Waals surface area contributed by atoms with Crippen molar-refractivity contribution < 1.29 is 13.2 Å². The molecule has 0 radical (unpaired) electrons. The molecule has 6 heteroatoms. The number of rotatable bonds is 11. The second kappa shape index (κ2) is 9.73. The Morgan fingerprint density at radius 1 is 1.07 bits per heavy atom. The Morgan fingerprint density at radius 3 is 2.36 bits per heavy atom. The van der Waals surface area contributed by atoms with Crippen molar-refractivity contribution in [3.8, 4) is 0 Å². The summed E-state index contributed by atoms with van der Waals surface area (Å²) in [4.78, 5) is 23.0. The van der Waals surface area contributed by atoms with E-state index in [4.69, 9.17) is 0 Å². The Labute approximate surface area is 167 Å². The fraction of sp³-hybridized carbons (Fsp3) is 0.409. The first-order valence-corrected chi connectivity index (χ1v) is 11.2.